The van der Waals surface area contributed by atoms with Gasteiger partial charge in [-0.2, -0.15) is 0 Å². The first kappa shape index (κ1) is 18.3. The molecule has 0 saturated carbocycles. The van der Waals surface area contributed by atoms with E-state index in [1.165, 1.54) is 0 Å². The molecule has 1 aromatic carbocycles. The number of rotatable bonds is 5. The summed E-state index contributed by atoms with van der Waals surface area (Å²) in [6, 6.07) is 14.0. The van der Waals surface area contributed by atoms with Crippen molar-refractivity contribution in [3.05, 3.63) is 54.4 Å². The van der Waals surface area contributed by atoms with Gasteiger partial charge in [0.1, 0.15) is 0 Å². The van der Waals surface area contributed by atoms with Crippen LogP contribution in [-0.4, -0.2) is 30.6 Å². The van der Waals surface area contributed by atoms with E-state index in [9.17, 15) is 0 Å². The van der Waals surface area contributed by atoms with Gasteiger partial charge >= 0.3 is 0 Å². The normalized spacial score (nSPS) is 13.0. The zero-order chi connectivity index (χ0) is 18.9. The maximum atomic E-state index is 6.58. The van der Waals surface area contributed by atoms with Crippen LogP contribution in [0, 0.1) is 5.41 Å². The Hall–Kier alpha value is -2.50. The molecule has 0 saturated heterocycles. The van der Waals surface area contributed by atoms with Crippen molar-refractivity contribution in [2.45, 2.75) is 19.9 Å². The van der Waals surface area contributed by atoms with Crippen molar-refractivity contribution in [2.24, 2.45) is 16.9 Å². The Balaban J connectivity index is 2.16. The van der Waals surface area contributed by atoms with Crippen LogP contribution >= 0.6 is 0 Å². The first-order chi connectivity index (χ1) is 12.3. The lowest BCUT2D eigenvalue weighted by molar-refractivity contribution is 0.298. The number of hydrogen-bond donors (Lipinski definition) is 2. The smallest absolute Gasteiger partial charge is 0.0742 e. The van der Waals surface area contributed by atoms with E-state index in [2.05, 4.69) is 48.0 Å². The van der Waals surface area contributed by atoms with Gasteiger partial charge in [-0.3, -0.25) is 9.97 Å². The molecular weight excluding hydrogens is 322 g/mol. The molecule has 1 unspecified atom stereocenters. The second-order valence-corrected chi connectivity index (χ2v) is 7.57. The highest BCUT2D eigenvalue weighted by Crippen LogP contribution is 2.34. The van der Waals surface area contributed by atoms with E-state index in [1.54, 1.807) is 6.20 Å². The van der Waals surface area contributed by atoms with E-state index in [1.807, 2.05) is 32.3 Å². The lowest BCUT2D eigenvalue weighted by Crippen LogP contribution is -2.36. The first-order valence-electron chi connectivity index (χ1n) is 8.82. The van der Waals surface area contributed by atoms with Gasteiger partial charge in [0.15, 0.2) is 0 Å². The van der Waals surface area contributed by atoms with Crippen LogP contribution in [0.3, 0.4) is 0 Å². The fourth-order valence-electron chi connectivity index (χ4n) is 2.91. The lowest BCUT2D eigenvalue weighted by atomic mass is 9.82. The van der Waals surface area contributed by atoms with Crippen LogP contribution in [0.25, 0.3) is 22.2 Å². The summed E-state index contributed by atoms with van der Waals surface area (Å²) in [5.41, 5.74) is 17.1. The van der Waals surface area contributed by atoms with E-state index in [0.29, 0.717) is 6.54 Å². The fourth-order valence-corrected chi connectivity index (χ4v) is 2.91. The monoisotopic (exact) mass is 349 g/mol. The molecule has 0 aliphatic heterocycles. The fraction of sp³-hybridized carbons (Fsp3) is 0.333. The third-order valence-electron chi connectivity index (χ3n) is 4.97. The molecule has 5 heteroatoms. The number of benzene rings is 1. The number of pyridine rings is 2. The SMILES string of the molecule is CN(C)c1ccc(-c2cc3ncccc3c(C(N)C(C)(C)CN)n2)cc1. The summed E-state index contributed by atoms with van der Waals surface area (Å²) in [4.78, 5) is 11.5. The molecule has 1 atom stereocenters. The van der Waals surface area contributed by atoms with Gasteiger partial charge in [-0.1, -0.05) is 26.0 Å². The number of anilines is 1. The third-order valence-corrected chi connectivity index (χ3v) is 4.97. The summed E-state index contributed by atoms with van der Waals surface area (Å²) < 4.78 is 0. The van der Waals surface area contributed by atoms with Crippen LogP contribution in [0.15, 0.2) is 48.7 Å². The summed E-state index contributed by atoms with van der Waals surface area (Å²) >= 11 is 0. The van der Waals surface area contributed by atoms with E-state index >= 15 is 0 Å². The molecule has 2 aromatic heterocycles. The predicted octanol–water partition coefficient (Wildman–Crippen LogP) is 3.35. The molecule has 4 N–H and O–H groups in total. The van der Waals surface area contributed by atoms with Crippen molar-refractivity contribution < 1.29 is 0 Å². The second-order valence-electron chi connectivity index (χ2n) is 7.57. The topological polar surface area (TPSA) is 81.1 Å². The highest BCUT2D eigenvalue weighted by molar-refractivity contribution is 5.85. The van der Waals surface area contributed by atoms with Gasteiger partial charge in [0.2, 0.25) is 0 Å². The van der Waals surface area contributed by atoms with E-state index in [4.69, 9.17) is 16.5 Å². The van der Waals surface area contributed by atoms with E-state index in [-0.39, 0.29) is 11.5 Å². The van der Waals surface area contributed by atoms with Gasteiger partial charge in [0.05, 0.1) is 22.9 Å². The quantitative estimate of drug-likeness (QED) is 0.738. The van der Waals surface area contributed by atoms with Crippen LogP contribution in [-0.2, 0) is 0 Å². The molecule has 26 heavy (non-hydrogen) atoms. The molecule has 0 aliphatic carbocycles. The zero-order valence-corrected chi connectivity index (χ0v) is 15.9. The molecule has 0 amide bonds. The number of nitrogens with two attached hydrogens (primary N) is 2. The Bertz CT molecular complexity index is 900. The molecular formula is C21H27N5. The zero-order valence-electron chi connectivity index (χ0n) is 15.9. The largest absolute Gasteiger partial charge is 0.378 e. The Morgan fingerprint density at radius 3 is 2.42 bits per heavy atom. The maximum Gasteiger partial charge on any atom is 0.0742 e. The van der Waals surface area contributed by atoms with Crippen molar-refractivity contribution in [1.29, 1.82) is 0 Å². The molecule has 136 valence electrons. The van der Waals surface area contributed by atoms with Gasteiger partial charge in [-0.25, -0.2) is 0 Å². The molecule has 0 fully saturated rings. The van der Waals surface area contributed by atoms with Crippen molar-refractivity contribution >= 4 is 16.6 Å². The minimum Gasteiger partial charge on any atom is -0.378 e. The van der Waals surface area contributed by atoms with E-state index < -0.39 is 0 Å². The van der Waals surface area contributed by atoms with Gasteiger partial charge in [0, 0.05) is 36.9 Å². The molecule has 0 radical (unpaired) electrons. The Morgan fingerprint density at radius 2 is 1.81 bits per heavy atom. The second kappa shape index (κ2) is 7.02. The van der Waals surface area contributed by atoms with Crippen molar-refractivity contribution in [3.8, 4) is 11.3 Å². The predicted molar refractivity (Wildman–Crippen MR) is 109 cm³/mol. The summed E-state index contributed by atoms with van der Waals surface area (Å²) in [7, 11) is 4.05. The standard InChI is InChI=1S/C21H27N5/c1-21(2,13-22)20(23)19-16-6-5-11-24-18(16)12-17(25-19)14-7-9-15(10-8-14)26(3)4/h5-12,20H,13,22-23H2,1-4H3. The van der Waals surface area contributed by atoms with Crippen LogP contribution in [0.5, 0.6) is 0 Å². The summed E-state index contributed by atoms with van der Waals surface area (Å²) in [6.45, 7) is 4.62. The molecule has 5 nitrogen and oxygen atoms in total. The Labute approximate surface area is 155 Å². The average molecular weight is 349 g/mol. The first-order valence-corrected chi connectivity index (χ1v) is 8.82. The average Bonchev–Trinajstić information content (AvgIpc) is 2.66. The van der Waals surface area contributed by atoms with Crippen LogP contribution < -0.4 is 16.4 Å². The summed E-state index contributed by atoms with van der Waals surface area (Å²) in [5, 5.41) is 0.982. The van der Waals surface area contributed by atoms with Gasteiger partial charge in [-0.15, -0.1) is 0 Å². The summed E-state index contributed by atoms with van der Waals surface area (Å²) in [6.07, 6.45) is 1.80. The minimum absolute atomic E-state index is 0.261. The van der Waals surface area contributed by atoms with E-state index in [0.717, 1.165) is 33.5 Å². The number of nitrogens with zero attached hydrogens (tertiary/aromatic N) is 3. The number of fused-ring (bicyclic) bond motifs is 1. The lowest BCUT2D eigenvalue weighted by Gasteiger charge is -2.30. The highest BCUT2D eigenvalue weighted by Gasteiger charge is 2.29. The Morgan fingerprint density at radius 1 is 1.12 bits per heavy atom. The molecule has 0 bridgehead atoms. The maximum absolute atomic E-state index is 6.58. The molecule has 3 aromatic rings. The minimum atomic E-state index is -0.278. The molecule has 2 heterocycles. The van der Waals surface area contributed by atoms with Gasteiger partial charge < -0.3 is 16.4 Å². The van der Waals surface area contributed by atoms with Crippen LogP contribution in [0.2, 0.25) is 0 Å². The van der Waals surface area contributed by atoms with Crippen LogP contribution in [0.4, 0.5) is 5.69 Å². The number of aromatic nitrogens is 2. The van der Waals surface area contributed by atoms with Crippen molar-refractivity contribution in [1.82, 2.24) is 9.97 Å². The van der Waals surface area contributed by atoms with Crippen LogP contribution in [0.1, 0.15) is 25.6 Å². The molecule has 0 spiro atoms. The summed E-state index contributed by atoms with van der Waals surface area (Å²) in [5.74, 6) is 0. The molecule has 0 aliphatic rings. The third kappa shape index (κ3) is 3.41. The Kier molecular flexibility index (Phi) is 4.94. The van der Waals surface area contributed by atoms with Crippen molar-refractivity contribution in [2.75, 3.05) is 25.5 Å². The van der Waals surface area contributed by atoms with Crippen molar-refractivity contribution in [3.63, 3.8) is 0 Å². The highest BCUT2D eigenvalue weighted by atomic mass is 15.1. The van der Waals surface area contributed by atoms with Gasteiger partial charge in [0.25, 0.3) is 0 Å². The molecule has 3 rings (SSSR count). The van der Waals surface area contributed by atoms with Gasteiger partial charge in [-0.05, 0) is 42.3 Å². The number of hydrogen-bond acceptors (Lipinski definition) is 5.